The van der Waals surface area contributed by atoms with E-state index in [1.165, 1.54) is 6.07 Å². The van der Waals surface area contributed by atoms with Gasteiger partial charge in [-0.25, -0.2) is 4.79 Å². The quantitative estimate of drug-likeness (QED) is 0.908. The summed E-state index contributed by atoms with van der Waals surface area (Å²) in [5.41, 5.74) is 1.68. The van der Waals surface area contributed by atoms with Crippen LogP contribution in [-0.2, 0) is 13.7 Å². The fourth-order valence-electron chi connectivity index (χ4n) is 1.80. The van der Waals surface area contributed by atoms with Gasteiger partial charge in [-0.05, 0) is 35.0 Å². The van der Waals surface area contributed by atoms with Crippen molar-refractivity contribution in [1.82, 2.24) is 9.78 Å². The van der Waals surface area contributed by atoms with Gasteiger partial charge in [-0.3, -0.25) is 4.68 Å². The minimum Gasteiger partial charge on any atom is -0.485 e. The lowest BCUT2D eigenvalue weighted by molar-refractivity contribution is 0.0691. The molecule has 0 atom stereocenters. The first-order valence-corrected chi connectivity index (χ1v) is 6.91. The monoisotopic (exact) mass is 358 g/mol. The lowest BCUT2D eigenvalue weighted by atomic mass is 10.2. The summed E-state index contributed by atoms with van der Waals surface area (Å²) in [4.78, 5) is 11.2. The van der Waals surface area contributed by atoms with E-state index < -0.39 is 5.97 Å². The molecule has 0 fully saturated rings. The Morgan fingerprint density at radius 1 is 1.55 bits per heavy atom. The van der Waals surface area contributed by atoms with Gasteiger partial charge in [0.2, 0.25) is 0 Å². The van der Waals surface area contributed by atoms with Gasteiger partial charge >= 0.3 is 5.97 Å². The molecule has 1 aromatic heterocycles. The number of aryl methyl sites for hydroxylation is 2. The smallest absolute Gasteiger partial charge is 0.339 e. The first-order valence-electron chi connectivity index (χ1n) is 5.74. The van der Waals surface area contributed by atoms with Crippen LogP contribution in [-0.4, -0.2) is 20.9 Å². The number of carboxylic acids is 1. The van der Waals surface area contributed by atoms with Gasteiger partial charge in [-0.1, -0.05) is 17.7 Å². The van der Waals surface area contributed by atoms with Crippen molar-refractivity contribution in [3.05, 3.63) is 44.6 Å². The van der Waals surface area contributed by atoms with E-state index in [1.807, 2.05) is 6.92 Å². The average Bonchev–Trinajstić information content (AvgIpc) is 2.62. The maximum atomic E-state index is 11.2. The highest BCUT2D eigenvalue weighted by molar-refractivity contribution is 9.10. The zero-order valence-electron chi connectivity index (χ0n) is 10.9. The molecule has 0 bridgehead atoms. The molecule has 2 rings (SSSR count). The standard InChI is InChI=1S/C13H12BrClN2O3/c1-7-11(14)10(17(2)16-7)6-20-12-8(13(18)19)4-3-5-9(12)15/h3-5H,6H2,1-2H3,(H,18,19). The number of para-hydroxylation sites is 1. The van der Waals surface area contributed by atoms with Gasteiger partial charge in [-0.15, -0.1) is 0 Å². The second kappa shape index (κ2) is 5.85. The Hall–Kier alpha value is -1.53. The van der Waals surface area contributed by atoms with E-state index >= 15 is 0 Å². The Morgan fingerprint density at radius 3 is 2.80 bits per heavy atom. The third-order valence-corrected chi connectivity index (χ3v) is 4.14. The molecule has 0 spiro atoms. The molecule has 2 aromatic rings. The third kappa shape index (κ3) is 2.81. The molecule has 1 aromatic carbocycles. The number of hydrogen-bond donors (Lipinski definition) is 1. The van der Waals surface area contributed by atoms with Crippen molar-refractivity contribution in [2.45, 2.75) is 13.5 Å². The number of aromatic carboxylic acids is 1. The highest BCUT2D eigenvalue weighted by Gasteiger charge is 2.17. The summed E-state index contributed by atoms with van der Waals surface area (Å²) in [6, 6.07) is 4.61. The third-order valence-electron chi connectivity index (χ3n) is 2.81. The fraction of sp³-hybridized carbons (Fsp3) is 0.231. The molecule has 0 aliphatic carbocycles. The van der Waals surface area contributed by atoms with E-state index in [9.17, 15) is 4.79 Å². The van der Waals surface area contributed by atoms with Crippen LogP contribution in [0.2, 0.25) is 5.02 Å². The Balaban J connectivity index is 2.30. The minimum absolute atomic E-state index is 0.0347. The summed E-state index contributed by atoms with van der Waals surface area (Å²) in [5.74, 6) is -0.921. The van der Waals surface area contributed by atoms with Crippen molar-refractivity contribution in [2.75, 3.05) is 0 Å². The van der Waals surface area contributed by atoms with E-state index in [4.69, 9.17) is 21.4 Å². The topological polar surface area (TPSA) is 64.4 Å². The van der Waals surface area contributed by atoms with Gasteiger partial charge in [0, 0.05) is 7.05 Å². The first-order chi connectivity index (χ1) is 9.41. The van der Waals surface area contributed by atoms with Crippen molar-refractivity contribution in [3.8, 4) is 5.75 Å². The molecule has 20 heavy (non-hydrogen) atoms. The number of aromatic nitrogens is 2. The maximum Gasteiger partial charge on any atom is 0.339 e. The molecular formula is C13H12BrClN2O3. The van der Waals surface area contributed by atoms with Gasteiger partial charge in [0.05, 0.1) is 20.9 Å². The Labute approximate surface area is 129 Å². The summed E-state index contributed by atoms with van der Waals surface area (Å²) in [5, 5.41) is 13.6. The zero-order chi connectivity index (χ0) is 14.9. The van der Waals surface area contributed by atoms with Crippen molar-refractivity contribution < 1.29 is 14.6 Å². The number of rotatable bonds is 4. The van der Waals surface area contributed by atoms with Crippen LogP contribution < -0.4 is 4.74 Å². The molecule has 0 radical (unpaired) electrons. The Morgan fingerprint density at radius 2 is 2.25 bits per heavy atom. The van der Waals surface area contributed by atoms with Crippen LogP contribution >= 0.6 is 27.5 Å². The van der Waals surface area contributed by atoms with Gasteiger partial charge in [-0.2, -0.15) is 5.10 Å². The molecule has 5 nitrogen and oxygen atoms in total. The lowest BCUT2D eigenvalue weighted by Crippen LogP contribution is -2.07. The summed E-state index contributed by atoms with van der Waals surface area (Å²) >= 11 is 9.43. The SMILES string of the molecule is Cc1nn(C)c(COc2c(Cl)cccc2C(=O)O)c1Br. The van der Waals surface area contributed by atoms with Crippen molar-refractivity contribution >= 4 is 33.5 Å². The number of ether oxygens (including phenoxy) is 1. The summed E-state index contributed by atoms with van der Waals surface area (Å²) in [6.45, 7) is 2.04. The number of benzene rings is 1. The van der Waals surface area contributed by atoms with Crippen LogP contribution in [0.25, 0.3) is 0 Å². The van der Waals surface area contributed by atoms with Crippen LogP contribution in [0.5, 0.6) is 5.75 Å². The largest absolute Gasteiger partial charge is 0.485 e. The fourth-order valence-corrected chi connectivity index (χ4v) is 2.48. The van der Waals surface area contributed by atoms with Crippen LogP contribution in [0.3, 0.4) is 0 Å². The minimum atomic E-state index is -1.08. The van der Waals surface area contributed by atoms with Crippen LogP contribution in [0.15, 0.2) is 22.7 Å². The van der Waals surface area contributed by atoms with Crippen molar-refractivity contribution in [1.29, 1.82) is 0 Å². The number of halogens is 2. The molecule has 0 unspecified atom stereocenters. The lowest BCUT2D eigenvalue weighted by Gasteiger charge is -2.11. The first kappa shape index (κ1) is 14.9. The molecule has 1 N–H and O–H groups in total. The van der Waals surface area contributed by atoms with Crippen molar-refractivity contribution in [3.63, 3.8) is 0 Å². The van der Waals surface area contributed by atoms with Crippen LogP contribution in [0.1, 0.15) is 21.7 Å². The average molecular weight is 360 g/mol. The Bertz CT molecular complexity index is 670. The zero-order valence-corrected chi connectivity index (χ0v) is 13.2. The predicted octanol–water partition coefficient (Wildman–Crippen LogP) is 3.42. The molecule has 0 aliphatic heterocycles. The molecule has 1 heterocycles. The van der Waals surface area contributed by atoms with Crippen LogP contribution in [0.4, 0.5) is 0 Å². The highest BCUT2D eigenvalue weighted by Crippen LogP contribution is 2.30. The van der Waals surface area contributed by atoms with E-state index in [2.05, 4.69) is 21.0 Å². The number of carbonyl (C=O) groups is 1. The Kier molecular flexibility index (Phi) is 4.35. The van der Waals surface area contributed by atoms with Crippen LogP contribution in [0, 0.1) is 6.92 Å². The maximum absolute atomic E-state index is 11.2. The summed E-state index contributed by atoms with van der Waals surface area (Å²) in [6.07, 6.45) is 0. The van der Waals surface area contributed by atoms with Gasteiger partial charge in [0.25, 0.3) is 0 Å². The molecule has 0 amide bonds. The molecule has 0 saturated heterocycles. The second-order valence-corrected chi connectivity index (χ2v) is 5.38. The summed E-state index contributed by atoms with van der Waals surface area (Å²) in [7, 11) is 1.79. The number of hydrogen-bond acceptors (Lipinski definition) is 3. The number of nitrogens with zero attached hydrogens (tertiary/aromatic N) is 2. The molecular weight excluding hydrogens is 348 g/mol. The van der Waals surface area contributed by atoms with Gasteiger partial charge < -0.3 is 9.84 Å². The van der Waals surface area contributed by atoms with E-state index in [-0.39, 0.29) is 22.9 Å². The highest BCUT2D eigenvalue weighted by atomic mass is 79.9. The molecule has 106 valence electrons. The second-order valence-electron chi connectivity index (χ2n) is 4.18. The summed E-state index contributed by atoms with van der Waals surface area (Å²) < 4.78 is 8.10. The number of carboxylic acid groups (broad SMARTS) is 1. The normalized spacial score (nSPS) is 10.6. The van der Waals surface area contributed by atoms with E-state index in [1.54, 1.807) is 23.9 Å². The van der Waals surface area contributed by atoms with E-state index in [0.717, 1.165) is 15.9 Å². The van der Waals surface area contributed by atoms with Gasteiger partial charge in [0.15, 0.2) is 5.75 Å². The molecule has 7 heteroatoms. The van der Waals surface area contributed by atoms with Crippen molar-refractivity contribution in [2.24, 2.45) is 7.05 Å². The predicted molar refractivity (Wildman–Crippen MR) is 78.4 cm³/mol. The van der Waals surface area contributed by atoms with Gasteiger partial charge in [0.1, 0.15) is 12.2 Å². The van der Waals surface area contributed by atoms with E-state index in [0.29, 0.717) is 0 Å². The molecule has 0 aliphatic rings. The molecule has 0 saturated carbocycles.